The molecular formula is C12H14O. The van der Waals surface area contributed by atoms with E-state index < -0.39 is 0 Å². The summed E-state index contributed by atoms with van der Waals surface area (Å²) in [6.07, 6.45) is 6.15. The Kier molecular flexibility index (Phi) is 3.92. The van der Waals surface area contributed by atoms with Crippen molar-refractivity contribution >= 4 is 0 Å². The van der Waals surface area contributed by atoms with E-state index in [9.17, 15) is 0 Å². The van der Waals surface area contributed by atoms with Gasteiger partial charge in [-0.2, -0.15) is 0 Å². The molecule has 1 unspecified atom stereocenters. The number of ether oxygens (including phenoxy) is 1. The highest BCUT2D eigenvalue weighted by atomic mass is 16.5. The van der Waals surface area contributed by atoms with Gasteiger partial charge in [-0.15, -0.1) is 12.3 Å². The van der Waals surface area contributed by atoms with E-state index in [-0.39, 0.29) is 0 Å². The van der Waals surface area contributed by atoms with E-state index in [1.807, 2.05) is 37.3 Å². The summed E-state index contributed by atoms with van der Waals surface area (Å²) >= 11 is 0. The van der Waals surface area contributed by atoms with E-state index in [0.29, 0.717) is 12.5 Å². The highest BCUT2D eigenvalue weighted by Gasteiger charge is 1.97. The SMILES string of the molecule is C#CC(C)CCOc1ccccc1. The molecule has 0 aliphatic heterocycles. The van der Waals surface area contributed by atoms with Crippen molar-refractivity contribution in [2.24, 2.45) is 5.92 Å². The molecule has 1 atom stereocenters. The summed E-state index contributed by atoms with van der Waals surface area (Å²) in [5, 5.41) is 0. The highest BCUT2D eigenvalue weighted by molar-refractivity contribution is 5.20. The fourth-order valence-electron chi connectivity index (χ4n) is 0.954. The number of terminal acetylenes is 1. The van der Waals surface area contributed by atoms with E-state index in [1.54, 1.807) is 0 Å². The zero-order valence-electron chi connectivity index (χ0n) is 7.86. The summed E-state index contributed by atoms with van der Waals surface area (Å²) in [5.41, 5.74) is 0. The van der Waals surface area contributed by atoms with Crippen molar-refractivity contribution in [3.8, 4) is 18.1 Å². The third-order valence-electron chi connectivity index (χ3n) is 1.85. The first-order chi connectivity index (χ1) is 6.33. The molecule has 0 aliphatic rings. The first-order valence-corrected chi connectivity index (χ1v) is 4.47. The van der Waals surface area contributed by atoms with Crippen LogP contribution in [-0.4, -0.2) is 6.61 Å². The van der Waals surface area contributed by atoms with Crippen LogP contribution in [0.2, 0.25) is 0 Å². The van der Waals surface area contributed by atoms with Crippen LogP contribution in [0.25, 0.3) is 0 Å². The maximum Gasteiger partial charge on any atom is 0.119 e. The molecule has 0 N–H and O–H groups in total. The lowest BCUT2D eigenvalue weighted by atomic mass is 10.1. The van der Waals surface area contributed by atoms with E-state index in [0.717, 1.165) is 12.2 Å². The van der Waals surface area contributed by atoms with Crippen LogP contribution in [-0.2, 0) is 0 Å². The van der Waals surface area contributed by atoms with Gasteiger partial charge >= 0.3 is 0 Å². The van der Waals surface area contributed by atoms with Crippen molar-refractivity contribution in [3.05, 3.63) is 30.3 Å². The number of benzene rings is 1. The molecule has 0 radical (unpaired) electrons. The topological polar surface area (TPSA) is 9.23 Å². The Morgan fingerprint density at radius 3 is 2.69 bits per heavy atom. The quantitative estimate of drug-likeness (QED) is 0.638. The standard InChI is InChI=1S/C12H14O/c1-3-11(2)9-10-13-12-7-5-4-6-8-12/h1,4-8,11H,9-10H2,2H3. The van der Waals surface area contributed by atoms with Crippen LogP contribution in [0.1, 0.15) is 13.3 Å². The van der Waals surface area contributed by atoms with Crippen LogP contribution >= 0.6 is 0 Å². The largest absolute Gasteiger partial charge is 0.494 e. The Morgan fingerprint density at radius 1 is 1.38 bits per heavy atom. The molecular weight excluding hydrogens is 160 g/mol. The van der Waals surface area contributed by atoms with Crippen molar-refractivity contribution in [2.75, 3.05) is 6.61 Å². The fraction of sp³-hybridized carbons (Fsp3) is 0.333. The van der Waals surface area contributed by atoms with Crippen LogP contribution < -0.4 is 4.74 Å². The van der Waals surface area contributed by atoms with Gasteiger partial charge in [0.15, 0.2) is 0 Å². The van der Waals surface area contributed by atoms with Gasteiger partial charge in [0, 0.05) is 5.92 Å². The molecule has 0 amide bonds. The molecule has 0 aliphatic carbocycles. The maximum absolute atomic E-state index is 5.48. The second-order valence-corrected chi connectivity index (χ2v) is 3.02. The van der Waals surface area contributed by atoms with Crippen LogP contribution in [0.5, 0.6) is 5.75 Å². The minimum atomic E-state index is 0.295. The Morgan fingerprint density at radius 2 is 2.08 bits per heavy atom. The molecule has 13 heavy (non-hydrogen) atoms. The smallest absolute Gasteiger partial charge is 0.119 e. The summed E-state index contributed by atoms with van der Waals surface area (Å²) in [6.45, 7) is 2.71. The lowest BCUT2D eigenvalue weighted by Gasteiger charge is -2.06. The van der Waals surface area contributed by atoms with Crippen LogP contribution in [0.4, 0.5) is 0 Å². The van der Waals surface area contributed by atoms with Gasteiger partial charge in [0.25, 0.3) is 0 Å². The second kappa shape index (κ2) is 5.27. The average Bonchev–Trinajstić information content (AvgIpc) is 2.19. The molecule has 0 heterocycles. The molecule has 1 heteroatoms. The first-order valence-electron chi connectivity index (χ1n) is 4.47. The summed E-state index contributed by atoms with van der Waals surface area (Å²) < 4.78 is 5.48. The first kappa shape index (κ1) is 9.67. The Bertz CT molecular complexity index is 271. The van der Waals surface area contributed by atoms with Gasteiger partial charge in [0.05, 0.1) is 6.61 Å². The lowest BCUT2D eigenvalue weighted by Crippen LogP contribution is -2.02. The third-order valence-corrected chi connectivity index (χ3v) is 1.85. The van der Waals surface area contributed by atoms with Crippen LogP contribution in [0.15, 0.2) is 30.3 Å². The van der Waals surface area contributed by atoms with Gasteiger partial charge in [-0.05, 0) is 18.6 Å². The molecule has 1 aromatic rings. The van der Waals surface area contributed by atoms with Crippen molar-refractivity contribution in [1.29, 1.82) is 0 Å². The Hall–Kier alpha value is -1.42. The maximum atomic E-state index is 5.48. The van der Waals surface area contributed by atoms with Gasteiger partial charge in [-0.1, -0.05) is 25.1 Å². The van der Waals surface area contributed by atoms with Crippen LogP contribution in [0, 0.1) is 18.3 Å². The minimum Gasteiger partial charge on any atom is -0.494 e. The fourth-order valence-corrected chi connectivity index (χ4v) is 0.954. The third kappa shape index (κ3) is 3.66. The Labute approximate surface area is 79.7 Å². The summed E-state index contributed by atoms with van der Waals surface area (Å²) in [6, 6.07) is 9.78. The van der Waals surface area contributed by atoms with Gasteiger partial charge in [0.2, 0.25) is 0 Å². The van der Waals surface area contributed by atoms with E-state index >= 15 is 0 Å². The average molecular weight is 174 g/mol. The zero-order chi connectivity index (χ0) is 9.52. The summed E-state index contributed by atoms with van der Waals surface area (Å²) in [4.78, 5) is 0. The Balaban J connectivity index is 2.25. The minimum absolute atomic E-state index is 0.295. The van der Waals surface area contributed by atoms with Gasteiger partial charge in [-0.25, -0.2) is 0 Å². The molecule has 1 nitrogen and oxygen atoms in total. The van der Waals surface area contributed by atoms with Crippen molar-refractivity contribution < 1.29 is 4.74 Å². The lowest BCUT2D eigenvalue weighted by molar-refractivity contribution is 0.298. The molecule has 0 aromatic heterocycles. The number of rotatable bonds is 4. The summed E-state index contributed by atoms with van der Waals surface area (Å²) in [7, 11) is 0. The molecule has 0 saturated carbocycles. The molecule has 0 fully saturated rings. The van der Waals surface area contributed by atoms with Crippen molar-refractivity contribution in [1.82, 2.24) is 0 Å². The highest BCUT2D eigenvalue weighted by Crippen LogP contribution is 2.09. The molecule has 0 bridgehead atoms. The van der Waals surface area contributed by atoms with Gasteiger partial charge in [-0.3, -0.25) is 0 Å². The normalized spacial score (nSPS) is 11.7. The predicted octanol–water partition coefficient (Wildman–Crippen LogP) is 2.72. The van der Waals surface area contributed by atoms with Gasteiger partial charge < -0.3 is 4.74 Å². The zero-order valence-corrected chi connectivity index (χ0v) is 7.86. The van der Waals surface area contributed by atoms with Crippen LogP contribution in [0.3, 0.4) is 0 Å². The summed E-state index contributed by atoms with van der Waals surface area (Å²) in [5.74, 6) is 3.88. The molecule has 1 rings (SSSR count). The molecule has 0 spiro atoms. The number of para-hydroxylation sites is 1. The molecule has 68 valence electrons. The van der Waals surface area contributed by atoms with Crippen molar-refractivity contribution in [3.63, 3.8) is 0 Å². The van der Waals surface area contributed by atoms with Crippen molar-refractivity contribution in [2.45, 2.75) is 13.3 Å². The van der Waals surface area contributed by atoms with E-state index in [2.05, 4.69) is 5.92 Å². The van der Waals surface area contributed by atoms with Gasteiger partial charge in [0.1, 0.15) is 5.75 Å². The van der Waals surface area contributed by atoms with E-state index in [1.165, 1.54) is 0 Å². The molecule has 0 saturated heterocycles. The number of hydrogen-bond acceptors (Lipinski definition) is 1. The predicted molar refractivity (Wildman–Crippen MR) is 54.6 cm³/mol. The van der Waals surface area contributed by atoms with E-state index in [4.69, 9.17) is 11.2 Å². The monoisotopic (exact) mass is 174 g/mol. The second-order valence-electron chi connectivity index (χ2n) is 3.02. The number of hydrogen-bond donors (Lipinski definition) is 0. The molecule has 1 aromatic carbocycles.